The normalized spacial score (nSPS) is 18.1. The Bertz CT molecular complexity index is 2440. The monoisotopic (exact) mass is 878 g/mol. The number of hydrogen-bond acceptors (Lipinski definition) is 5. The molecule has 4 saturated heterocycles. The fourth-order valence-electron chi connectivity index (χ4n) is 8.46. The minimum Gasteiger partial charge on any atom is -0.478 e. The summed E-state index contributed by atoms with van der Waals surface area (Å²) in [7, 11) is 0. The SMILES string of the molecule is C1CCN([C@@H]2CCNC2)C1.Cl.Cl.O=C(O)c1ccc(F)cc1.[C-]#[N+]c1ccc2[nH]ccc2c1.[C-]#[N+]c1ccc2c(ccn2-c2ccc(C(=O)N3CC[C@H](N4CCCC4)C3)cc2)c1. The number of rotatable bonds is 5. The lowest BCUT2D eigenvalue weighted by molar-refractivity contribution is 0.0696. The molecule has 6 heterocycles. The lowest BCUT2D eigenvalue weighted by Crippen LogP contribution is -2.37. The molecular weight excluding hydrogens is 826 g/mol. The zero-order chi connectivity index (χ0) is 41.8. The number of hydrogen-bond donors (Lipinski definition) is 3. The predicted molar refractivity (Wildman–Crippen MR) is 249 cm³/mol. The van der Waals surface area contributed by atoms with Gasteiger partial charge in [-0.2, -0.15) is 0 Å². The first-order chi connectivity index (χ1) is 29.3. The first-order valence-corrected chi connectivity index (χ1v) is 20.8. The highest BCUT2D eigenvalue weighted by Gasteiger charge is 2.32. The van der Waals surface area contributed by atoms with Gasteiger partial charge in [0.25, 0.3) is 5.91 Å². The van der Waals surface area contributed by atoms with Gasteiger partial charge in [0.15, 0.2) is 11.4 Å². The molecule has 0 unspecified atom stereocenters. The van der Waals surface area contributed by atoms with Crippen LogP contribution in [-0.4, -0.2) is 106 Å². The molecule has 2 atom stereocenters. The molecule has 4 aromatic carbocycles. The fourth-order valence-corrected chi connectivity index (χ4v) is 8.46. The summed E-state index contributed by atoms with van der Waals surface area (Å²) in [6, 6.07) is 29.3. The second-order valence-corrected chi connectivity index (χ2v) is 15.6. The third kappa shape index (κ3) is 12.0. The number of H-pyrrole nitrogens is 1. The van der Waals surface area contributed by atoms with Gasteiger partial charge in [0.2, 0.25) is 0 Å². The number of aromatic amines is 1. The van der Waals surface area contributed by atoms with Crippen molar-refractivity contribution in [2.24, 2.45) is 0 Å². The van der Waals surface area contributed by atoms with Crippen LogP contribution < -0.4 is 5.32 Å². The summed E-state index contributed by atoms with van der Waals surface area (Å²) in [5.74, 6) is -1.33. The molecule has 10 rings (SSSR count). The van der Waals surface area contributed by atoms with Crippen LogP contribution in [0.5, 0.6) is 0 Å². The van der Waals surface area contributed by atoms with Gasteiger partial charge in [-0.15, -0.1) is 24.8 Å². The van der Waals surface area contributed by atoms with Gasteiger partial charge in [0.1, 0.15) is 5.82 Å². The van der Waals surface area contributed by atoms with Crippen LogP contribution in [0.25, 0.3) is 37.2 Å². The molecule has 11 nitrogen and oxygen atoms in total. The van der Waals surface area contributed by atoms with Crippen molar-refractivity contribution in [3.8, 4) is 5.69 Å². The van der Waals surface area contributed by atoms with Crippen molar-refractivity contribution in [3.05, 3.63) is 149 Å². The molecule has 0 bridgehead atoms. The van der Waals surface area contributed by atoms with Crippen LogP contribution in [0.3, 0.4) is 0 Å². The molecule has 0 spiro atoms. The zero-order valence-electron chi connectivity index (χ0n) is 34.6. The Labute approximate surface area is 375 Å². The molecule has 6 aromatic rings. The molecule has 324 valence electrons. The number of benzene rings is 4. The predicted octanol–water partition coefficient (Wildman–Crippen LogP) is 10.0. The van der Waals surface area contributed by atoms with E-state index in [1.807, 2.05) is 90.1 Å². The largest absolute Gasteiger partial charge is 0.478 e. The van der Waals surface area contributed by atoms with Crippen LogP contribution in [0.2, 0.25) is 0 Å². The van der Waals surface area contributed by atoms with Crippen molar-refractivity contribution in [3.63, 3.8) is 0 Å². The number of carboxylic acid groups (broad SMARTS) is 1. The number of carbonyl (C=O) groups excluding carboxylic acids is 1. The number of fused-ring (bicyclic) bond motifs is 2. The molecule has 0 radical (unpaired) electrons. The second kappa shape index (κ2) is 22.9. The van der Waals surface area contributed by atoms with Gasteiger partial charge in [0.05, 0.1) is 24.2 Å². The Kier molecular flexibility index (Phi) is 17.5. The van der Waals surface area contributed by atoms with Crippen LogP contribution in [0.4, 0.5) is 15.8 Å². The van der Waals surface area contributed by atoms with Crippen LogP contribution in [0, 0.1) is 19.0 Å². The fraction of sp³-hybridized carbons (Fsp3) is 0.333. The van der Waals surface area contributed by atoms with E-state index in [1.54, 1.807) is 0 Å². The van der Waals surface area contributed by atoms with Gasteiger partial charge in [0, 0.05) is 60.9 Å². The van der Waals surface area contributed by atoms with E-state index in [9.17, 15) is 14.0 Å². The maximum atomic E-state index is 13.0. The Hall–Kier alpha value is -5.73. The average molecular weight is 880 g/mol. The molecule has 1 amide bonds. The van der Waals surface area contributed by atoms with Crippen molar-refractivity contribution in [1.29, 1.82) is 0 Å². The van der Waals surface area contributed by atoms with Crippen molar-refractivity contribution in [1.82, 2.24) is 29.6 Å². The van der Waals surface area contributed by atoms with Gasteiger partial charge in [-0.25, -0.2) is 18.9 Å². The van der Waals surface area contributed by atoms with Crippen LogP contribution in [-0.2, 0) is 0 Å². The second-order valence-electron chi connectivity index (χ2n) is 15.6. The third-order valence-corrected chi connectivity index (χ3v) is 11.8. The van der Waals surface area contributed by atoms with E-state index in [4.69, 9.17) is 18.3 Å². The number of nitrogens with zero attached hydrogens (tertiary/aromatic N) is 6. The van der Waals surface area contributed by atoms with E-state index >= 15 is 0 Å². The van der Waals surface area contributed by atoms with E-state index in [0.29, 0.717) is 17.4 Å². The molecule has 14 heteroatoms. The lowest BCUT2D eigenvalue weighted by atomic mass is 10.1. The minimum atomic E-state index is -1.04. The van der Waals surface area contributed by atoms with Gasteiger partial charge < -0.3 is 24.9 Å². The summed E-state index contributed by atoms with van der Waals surface area (Å²) in [6.45, 7) is 23.2. The van der Waals surface area contributed by atoms with Crippen LogP contribution >= 0.6 is 24.8 Å². The number of nitrogens with one attached hydrogen (secondary N) is 2. The summed E-state index contributed by atoms with van der Waals surface area (Å²) < 4.78 is 14.3. The Morgan fingerprint density at radius 1 is 0.694 bits per heavy atom. The number of aromatic carboxylic acids is 1. The average Bonchev–Trinajstić information content (AvgIpc) is 4.14. The lowest BCUT2D eigenvalue weighted by Gasteiger charge is -2.23. The molecule has 0 saturated carbocycles. The molecule has 3 N–H and O–H groups in total. The highest BCUT2D eigenvalue weighted by molar-refractivity contribution is 5.95. The molecule has 62 heavy (non-hydrogen) atoms. The van der Waals surface area contributed by atoms with Gasteiger partial charge in [-0.05, 0) is 167 Å². The summed E-state index contributed by atoms with van der Waals surface area (Å²) >= 11 is 0. The van der Waals surface area contributed by atoms with E-state index < -0.39 is 11.8 Å². The molecule has 4 aliphatic heterocycles. The summed E-state index contributed by atoms with van der Waals surface area (Å²) in [5.41, 5.74) is 5.35. The molecule has 2 aromatic heterocycles. The Balaban J connectivity index is 0.000000180. The van der Waals surface area contributed by atoms with Crippen LogP contribution in [0.15, 0.2) is 109 Å². The first-order valence-electron chi connectivity index (χ1n) is 20.8. The highest BCUT2D eigenvalue weighted by Crippen LogP contribution is 2.27. The molecular formula is C48H53Cl2FN8O3. The van der Waals surface area contributed by atoms with Crippen molar-refractivity contribution >= 4 is 69.9 Å². The van der Waals surface area contributed by atoms with Gasteiger partial charge in [-0.1, -0.05) is 12.1 Å². The number of likely N-dealkylation sites (tertiary alicyclic amines) is 3. The maximum Gasteiger partial charge on any atom is 0.335 e. The number of carboxylic acids is 1. The first kappa shape index (κ1) is 47.3. The minimum absolute atomic E-state index is 0. The molecule has 4 aliphatic rings. The Morgan fingerprint density at radius 3 is 1.92 bits per heavy atom. The van der Waals surface area contributed by atoms with Crippen LogP contribution in [0.1, 0.15) is 59.2 Å². The van der Waals surface area contributed by atoms with Crippen molar-refractivity contribution in [2.75, 3.05) is 52.4 Å². The molecule has 4 fully saturated rings. The topological polar surface area (TPSA) is 106 Å². The van der Waals surface area contributed by atoms with E-state index in [2.05, 4.69) is 34.4 Å². The summed E-state index contributed by atoms with van der Waals surface area (Å²) in [6.07, 6.45) is 11.8. The quantitative estimate of drug-likeness (QED) is 0.149. The summed E-state index contributed by atoms with van der Waals surface area (Å²) in [4.78, 5) is 40.2. The highest BCUT2D eigenvalue weighted by atomic mass is 35.5. The number of amides is 1. The van der Waals surface area contributed by atoms with Gasteiger partial charge in [-0.3, -0.25) is 14.6 Å². The van der Waals surface area contributed by atoms with E-state index in [-0.39, 0.29) is 36.3 Å². The number of carbonyl (C=O) groups is 2. The number of halogens is 3. The maximum absolute atomic E-state index is 13.0. The Morgan fingerprint density at radius 2 is 1.31 bits per heavy atom. The zero-order valence-corrected chi connectivity index (χ0v) is 36.2. The van der Waals surface area contributed by atoms with Gasteiger partial charge >= 0.3 is 5.97 Å². The van der Waals surface area contributed by atoms with Crippen molar-refractivity contribution in [2.45, 2.75) is 50.6 Å². The van der Waals surface area contributed by atoms with E-state index in [1.165, 1.54) is 83.5 Å². The number of aromatic nitrogens is 2. The smallest absolute Gasteiger partial charge is 0.335 e. The van der Waals surface area contributed by atoms with E-state index in [0.717, 1.165) is 70.7 Å². The summed E-state index contributed by atoms with van der Waals surface area (Å²) in [5, 5.41) is 13.9. The van der Waals surface area contributed by atoms with Crippen molar-refractivity contribution < 1.29 is 19.1 Å². The standard InChI is InChI=1S/C24H24N4O.C9H6N2.C8H16N2.C7H5FO2.2ClH/c1-25-20-6-9-23-19(16-20)10-15-28(23)21-7-4-18(5-8-21)24(29)27-14-11-22(17-27)26-12-2-3-13-26;1-10-8-2-3-9-7(6-8)4-5-11-9;1-2-6-10(5-1)8-3-4-9-7-8;8-6-3-1-5(2-4-6)7(9)10;;/h4-10,15-16,22H,2-3,11-14,17H2;2-6,11H;8-9H,1-7H2;1-4H,(H,9,10);2*1H/t22-;;8-;;;/m0.1.../s1. The third-order valence-electron chi connectivity index (χ3n) is 11.8. The molecule has 0 aliphatic carbocycles.